The lowest BCUT2D eigenvalue weighted by molar-refractivity contribution is 0.134. The molecule has 2 aromatic rings. The van der Waals surface area contributed by atoms with Gasteiger partial charge in [-0.3, -0.25) is 0 Å². The standard InChI is InChI=1S/C24H33FO2Si/c1-19(2)23(26)22(25)17-12-18-27-28(24(3,4)5,20-13-8-6-9-14-20)21-15-10-7-11-16-21/h6-11,13-17,19,23,26H,12,18H2,1-5H3/b22-17-. The maximum absolute atomic E-state index is 14.1. The molecule has 1 atom stereocenters. The highest BCUT2D eigenvalue weighted by Gasteiger charge is 2.49. The highest BCUT2D eigenvalue weighted by atomic mass is 28.4. The highest BCUT2D eigenvalue weighted by Crippen LogP contribution is 2.36. The van der Waals surface area contributed by atoms with E-state index in [0.29, 0.717) is 13.0 Å². The SMILES string of the molecule is CC(C)C(O)/C(F)=C/CCO[Si](c1ccccc1)(c1ccccc1)C(C)(C)C. The fourth-order valence-electron chi connectivity index (χ4n) is 3.61. The molecule has 0 fully saturated rings. The van der Waals surface area contributed by atoms with Crippen molar-refractivity contribution in [2.45, 2.75) is 52.2 Å². The van der Waals surface area contributed by atoms with Crippen LogP contribution in [0.25, 0.3) is 0 Å². The van der Waals surface area contributed by atoms with Gasteiger partial charge >= 0.3 is 0 Å². The molecule has 0 aromatic heterocycles. The largest absolute Gasteiger partial charge is 0.407 e. The fourth-order valence-corrected chi connectivity index (χ4v) is 8.19. The smallest absolute Gasteiger partial charge is 0.261 e. The summed E-state index contributed by atoms with van der Waals surface area (Å²) in [4.78, 5) is 0. The summed E-state index contributed by atoms with van der Waals surface area (Å²) in [7, 11) is -2.58. The summed E-state index contributed by atoms with van der Waals surface area (Å²) in [6.07, 6.45) is 0.843. The van der Waals surface area contributed by atoms with Gasteiger partial charge in [0.2, 0.25) is 0 Å². The summed E-state index contributed by atoms with van der Waals surface area (Å²) in [5.74, 6) is -0.616. The van der Waals surface area contributed by atoms with Crippen molar-refractivity contribution in [3.63, 3.8) is 0 Å². The maximum Gasteiger partial charge on any atom is 0.261 e. The van der Waals surface area contributed by atoms with Gasteiger partial charge in [0.15, 0.2) is 0 Å². The topological polar surface area (TPSA) is 29.5 Å². The van der Waals surface area contributed by atoms with Crippen molar-refractivity contribution in [1.29, 1.82) is 0 Å². The number of hydrogen-bond donors (Lipinski definition) is 1. The minimum absolute atomic E-state index is 0.102. The molecule has 152 valence electrons. The molecule has 2 aromatic carbocycles. The summed E-state index contributed by atoms with van der Waals surface area (Å²) in [6.45, 7) is 10.7. The van der Waals surface area contributed by atoms with Crippen LogP contribution in [0.3, 0.4) is 0 Å². The first kappa shape index (κ1) is 22.5. The molecule has 0 bridgehead atoms. The molecule has 0 aliphatic heterocycles. The third-order valence-electron chi connectivity index (χ3n) is 5.11. The van der Waals surface area contributed by atoms with Crippen LogP contribution in [0.5, 0.6) is 0 Å². The summed E-state index contributed by atoms with van der Waals surface area (Å²) < 4.78 is 20.8. The average Bonchev–Trinajstić information content (AvgIpc) is 2.67. The Morgan fingerprint density at radius 2 is 1.46 bits per heavy atom. The first-order valence-electron chi connectivity index (χ1n) is 9.98. The molecule has 2 nitrogen and oxygen atoms in total. The number of aliphatic hydroxyl groups is 1. The molecule has 0 aliphatic carbocycles. The molecule has 4 heteroatoms. The van der Waals surface area contributed by atoms with E-state index in [1.165, 1.54) is 16.4 Å². The monoisotopic (exact) mass is 400 g/mol. The summed E-state index contributed by atoms with van der Waals surface area (Å²) in [6, 6.07) is 20.8. The van der Waals surface area contributed by atoms with E-state index in [4.69, 9.17) is 4.43 Å². The Hall–Kier alpha value is -1.75. The minimum Gasteiger partial charge on any atom is -0.407 e. The summed E-state index contributed by atoms with van der Waals surface area (Å²) >= 11 is 0. The number of hydrogen-bond acceptors (Lipinski definition) is 2. The van der Waals surface area contributed by atoms with Crippen molar-refractivity contribution >= 4 is 18.7 Å². The molecule has 0 heterocycles. The van der Waals surface area contributed by atoms with E-state index in [0.717, 1.165) is 0 Å². The van der Waals surface area contributed by atoms with Crippen molar-refractivity contribution in [2.75, 3.05) is 6.61 Å². The second-order valence-corrected chi connectivity index (χ2v) is 12.9. The summed E-state index contributed by atoms with van der Waals surface area (Å²) in [5, 5.41) is 12.2. The predicted octanol–water partition coefficient (Wildman–Crippen LogP) is 4.82. The molecule has 0 aliphatic rings. The van der Waals surface area contributed by atoms with Gasteiger partial charge in [-0.15, -0.1) is 0 Å². The average molecular weight is 401 g/mol. The van der Waals surface area contributed by atoms with Crippen LogP contribution in [-0.2, 0) is 4.43 Å². The van der Waals surface area contributed by atoms with Gasteiger partial charge in [-0.1, -0.05) is 95.3 Å². The van der Waals surface area contributed by atoms with Crippen molar-refractivity contribution in [2.24, 2.45) is 5.92 Å². The third kappa shape index (κ3) is 4.99. The van der Waals surface area contributed by atoms with Gasteiger partial charge in [-0.05, 0) is 33.8 Å². The Labute approximate surface area is 170 Å². The van der Waals surface area contributed by atoms with Crippen LogP contribution < -0.4 is 10.4 Å². The van der Waals surface area contributed by atoms with E-state index in [1.807, 2.05) is 36.4 Å². The number of benzene rings is 2. The van der Waals surface area contributed by atoms with Gasteiger partial charge in [0.25, 0.3) is 8.32 Å². The normalized spacial score (nSPS) is 14.4. The highest BCUT2D eigenvalue weighted by molar-refractivity contribution is 6.99. The second kappa shape index (κ2) is 9.64. The van der Waals surface area contributed by atoms with E-state index >= 15 is 0 Å². The van der Waals surface area contributed by atoms with Gasteiger partial charge < -0.3 is 9.53 Å². The zero-order valence-corrected chi connectivity index (χ0v) is 18.7. The number of halogens is 1. The molecule has 0 saturated heterocycles. The van der Waals surface area contributed by atoms with Crippen LogP contribution in [0.15, 0.2) is 72.6 Å². The van der Waals surface area contributed by atoms with Crippen molar-refractivity contribution in [1.82, 2.24) is 0 Å². The van der Waals surface area contributed by atoms with Crippen molar-refractivity contribution in [3.8, 4) is 0 Å². The Kier molecular flexibility index (Phi) is 7.76. The molecule has 28 heavy (non-hydrogen) atoms. The van der Waals surface area contributed by atoms with Crippen LogP contribution in [0, 0.1) is 5.92 Å². The quantitative estimate of drug-likeness (QED) is 0.508. The zero-order valence-electron chi connectivity index (χ0n) is 17.7. The molecule has 1 unspecified atom stereocenters. The van der Waals surface area contributed by atoms with E-state index < -0.39 is 20.2 Å². The third-order valence-corrected chi connectivity index (χ3v) is 10.1. The first-order valence-corrected chi connectivity index (χ1v) is 11.9. The second-order valence-electron chi connectivity index (χ2n) is 8.58. The van der Waals surface area contributed by atoms with Gasteiger partial charge in [0, 0.05) is 6.61 Å². The Balaban J connectivity index is 2.36. The van der Waals surface area contributed by atoms with E-state index in [-0.39, 0.29) is 11.0 Å². The fraction of sp³-hybridized carbons (Fsp3) is 0.417. The van der Waals surface area contributed by atoms with Crippen LogP contribution in [-0.4, -0.2) is 26.1 Å². The molecular weight excluding hydrogens is 367 g/mol. The maximum atomic E-state index is 14.1. The number of aliphatic hydroxyl groups excluding tert-OH is 1. The molecule has 2 rings (SSSR count). The molecule has 0 radical (unpaired) electrons. The van der Waals surface area contributed by atoms with Crippen LogP contribution in [0.4, 0.5) is 4.39 Å². The Bertz CT molecular complexity index is 712. The molecular formula is C24H33FO2Si. The van der Waals surface area contributed by atoms with Gasteiger partial charge in [0.05, 0.1) is 0 Å². The predicted molar refractivity (Wildman–Crippen MR) is 118 cm³/mol. The van der Waals surface area contributed by atoms with Gasteiger partial charge in [0.1, 0.15) is 11.9 Å². The Morgan fingerprint density at radius 3 is 1.86 bits per heavy atom. The minimum atomic E-state index is -2.58. The molecule has 0 saturated carbocycles. The van der Waals surface area contributed by atoms with E-state index in [9.17, 15) is 9.50 Å². The van der Waals surface area contributed by atoms with E-state index in [2.05, 4.69) is 45.0 Å². The lowest BCUT2D eigenvalue weighted by Crippen LogP contribution is -2.66. The van der Waals surface area contributed by atoms with Gasteiger partial charge in [-0.25, -0.2) is 4.39 Å². The lowest BCUT2D eigenvalue weighted by atomic mass is 10.1. The van der Waals surface area contributed by atoms with Crippen LogP contribution in [0.2, 0.25) is 5.04 Å². The van der Waals surface area contributed by atoms with Crippen LogP contribution in [0.1, 0.15) is 41.0 Å². The van der Waals surface area contributed by atoms with Gasteiger partial charge in [-0.2, -0.15) is 0 Å². The Morgan fingerprint density at radius 1 is 1.00 bits per heavy atom. The molecule has 0 amide bonds. The van der Waals surface area contributed by atoms with Crippen molar-refractivity contribution < 1.29 is 13.9 Å². The van der Waals surface area contributed by atoms with E-state index in [1.54, 1.807) is 13.8 Å². The first-order chi connectivity index (χ1) is 13.2. The number of rotatable bonds is 8. The summed E-state index contributed by atoms with van der Waals surface area (Å²) in [5.41, 5.74) is 0. The van der Waals surface area contributed by atoms with Crippen LogP contribution >= 0.6 is 0 Å². The van der Waals surface area contributed by atoms with Crippen molar-refractivity contribution in [3.05, 3.63) is 72.6 Å². The molecule has 1 N–H and O–H groups in total. The molecule has 0 spiro atoms. The lowest BCUT2D eigenvalue weighted by Gasteiger charge is -2.43. The zero-order chi connectivity index (χ0) is 20.8.